The van der Waals surface area contributed by atoms with Crippen molar-refractivity contribution in [3.05, 3.63) is 96.2 Å². The van der Waals surface area contributed by atoms with E-state index in [1.165, 1.54) is 59.3 Å². The molecule has 1 N–H and O–H groups in total. The van der Waals surface area contributed by atoms with Crippen LogP contribution in [0.2, 0.25) is 0 Å². The van der Waals surface area contributed by atoms with Crippen molar-refractivity contribution < 1.29 is 23.4 Å². The molecule has 1 aromatic heterocycles. The molecule has 0 aliphatic heterocycles. The van der Waals surface area contributed by atoms with Crippen LogP contribution in [-0.4, -0.2) is 20.9 Å². The number of ether oxygens (including phenoxy) is 1. The molecule has 144 valence electrons. The SMILES string of the molecule is O=C(O)c1cc(-c2ccc(Oc3ccc(F)cc3)cc2)nn1-c1ccc(F)cc1. The lowest BCUT2D eigenvalue weighted by Crippen LogP contribution is -2.07. The van der Waals surface area contributed by atoms with Crippen molar-refractivity contribution in [2.24, 2.45) is 0 Å². The van der Waals surface area contributed by atoms with Gasteiger partial charge < -0.3 is 9.84 Å². The molecule has 0 saturated carbocycles. The third-order valence-electron chi connectivity index (χ3n) is 4.20. The molecule has 0 aliphatic carbocycles. The Bertz CT molecular complexity index is 1150. The minimum absolute atomic E-state index is 0.0433. The Morgan fingerprint density at radius 3 is 1.90 bits per heavy atom. The van der Waals surface area contributed by atoms with E-state index in [0.717, 1.165) is 0 Å². The molecule has 1 heterocycles. The highest BCUT2D eigenvalue weighted by atomic mass is 19.1. The number of rotatable bonds is 5. The van der Waals surface area contributed by atoms with Crippen LogP contribution in [0.3, 0.4) is 0 Å². The summed E-state index contributed by atoms with van der Waals surface area (Å²) in [5, 5.41) is 13.8. The Hall–Kier alpha value is -4.00. The minimum atomic E-state index is -1.15. The van der Waals surface area contributed by atoms with E-state index in [0.29, 0.717) is 28.4 Å². The Labute approximate surface area is 164 Å². The molecule has 4 rings (SSSR count). The number of aromatic nitrogens is 2. The summed E-state index contributed by atoms with van der Waals surface area (Å²) < 4.78 is 33.0. The number of hydrogen-bond donors (Lipinski definition) is 1. The molecule has 0 spiro atoms. The van der Waals surface area contributed by atoms with Crippen LogP contribution >= 0.6 is 0 Å². The number of carbonyl (C=O) groups is 1. The third-order valence-corrected chi connectivity index (χ3v) is 4.20. The van der Waals surface area contributed by atoms with Gasteiger partial charge in [-0.05, 0) is 78.9 Å². The van der Waals surface area contributed by atoms with Crippen LogP contribution < -0.4 is 4.74 Å². The maximum Gasteiger partial charge on any atom is 0.354 e. The highest BCUT2D eigenvalue weighted by Crippen LogP contribution is 2.27. The quantitative estimate of drug-likeness (QED) is 0.500. The van der Waals surface area contributed by atoms with Crippen LogP contribution in [0.15, 0.2) is 78.9 Å². The first-order valence-corrected chi connectivity index (χ1v) is 8.63. The van der Waals surface area contributed by atoms with E-state index in [1.54, 1.807) is 24.3 Å². The highest BCUT2D eigenvalue weighted by molar-refractivity contribution is 5.88. The minimum Gasteiger partial charge on any atom is -0.477 e. The zero-order valence-electron chi connectivity index (χ0n) is 14.9. The van der Waals surface area contributed by atoms with Crippen molar-refractivity contribution in [1.82, 2.24) is 9.78 Å². The Balaban J connectivity index is 1.62. The van der Waals surface area contributed by atoms with E-state index in [2.05, 4.69) is 5.10 Å². The molecule has 0 aliphatic rings. The van der Waals surface area contributed by atoms with Crippen molar-refractivity contribution in [2.45, 2.75) is 0 Å². The number of carboxylic acid groups (broad SMARTS) is 1. The molecule has 3 aromatic carbocycles. The van der Waals surface area contributed by atoms with Gasteiger partial charge in [0.1, 0.15) is 23.1 Å². The fourth-order valence-electron chi connectivity index (χ4n) is 2.79. The van der Waals surface area contributed by atoms with E-state index in [4.69, 9.17) is 4.74 Å². The molecular formula is C22H14F2N2O3. The average Bonchev–Trinajstić information content (AvgIpc) is 3.17. The molecule has 0 amide bonds. The van der Waals surface area contributed by atoms with Gasteiger partial charge in [0.25, 0.3) is 0 Å². The Morgan fingerprint density at radius 1 is 0.828 bits per heavy atom. The maximum atomic E-state index is 13.2. The second-order valence-electron chi connectivity index (χ2n) is 6.19. The fraction of sp³-hybridized carbons (Fsp3) is 0. The lowest BCUT2D eigenvalue weighted by Gasteiger charge is -2.06. The molecular weight excluding hydrogens is 378 g/mol. The van der Waals surface area contributed by atoms with E-state index in [-0.39, 0.29) is 11.5 Å². The molecule has 0 fully saturated rings. The van der Waals surface area contributed by atoms with Crippen molar-refractivity contribution in [3.8, 4) is 28.4 Å². The van der Waals surface area contributed by atoms with Crippen molar-refractivity contribution in [3.63, 3.8) is 0 Å². The van der Waals surface area contributed by atoms with Crippen LogP contribution in [0, 0.1) is 11.6 Å². The number of halogens is 2. The molecule has 7 heteroatoms. The van der Waals surface area contributed by atoms with Gasteiger partial charge >= 0.3 is 5.97 Å². The molecule has 0 bridgehead atoms. The van der Waals surface area contributed by atoms with Gasteiger partial charge in [-0.3, -0.25) is 0 Å². The summed E-state index contributed by atoms with van der Waals surface area (Å²) >= 11 is 0. The second-order valence-corrected chi connectivity index (χ2v) is 6.19. The lowest BCUT2D eigenvalue weighted by molar-refractivity contribution is 0.0687. The zero-order valence-corrected chi connectivity index (χ0v) is 14.9. The van der Waals surface area contributed by atoms with Crippen molar-refractivity contribution in [2.75, 3.05) is 0 Å². The number of carboxylic acids is 1. The predicted octanol–water partition coefficient (Wildman–Crippen LogP) is 5.31. The first kappa shape index (κ1) is 18.4. The highest BCUT2D eigenvalue weighted by Gasteiger charge is 2.17. The molecule has 29 heavy (non-hydrogen) atoms. The summed E-state index contributed by atoms with van der Waals surface area (Å²) in [5.74, 6) is -0.887. The second kappa shape index (κ2) is 7.55. The van der Waals surface area contributed by atoms with Crippen molar-refractivity contribution >= 4 is 5.97 Å². The van der Waals surface area contributed by atoms with E-state index >= 15 is 0 Å². The Morgan fingerprint density at radius 2 is 1.34 bits per heavy atom. The summed E-state index contributed by atoms with van der Waals surface area (Å²) in [4.78, 5) is 11.6. The molecule has 0 atom stereocenters. The molecule has 0 unspecified atom stereocenters. The summed E-state index contributed by atoms with van der Waals surface area (Å²) in [6.45, 7) is 0. The smallest absolute Gasteiger partial charge is 0.354 e. The van der Waals surface area contributed by atoms with Crippen molar-refractivity contribution in [1.29, 1.82) is 0 Å². The summed E-state index contributed by atoms with van der Waals surface area (Å²) in [7, 11) is 0. The van der Waals surface area contributed by atoms with Crippen LogP contribution in [0.1, 0.15) is 10.5 Å². The zero-order chi connectivity index (χ0) is 20.4. The normalized spacial score (nSPS) is 10.7. The first-order chi connectivity index (χ1) is 14.0. The van der Waals surface area contributed by atoms with E-state index in [1.807, 2.05) is 0 Å². The van der Waals surface area contributed by atoms with Gasteiger partial charge in [0.05, 0.1) is 11.4 Å². The van der Waals surface area contributed by atoms with Gasteiger partial charge in [-0.25, -0.2) is 18.3 Å². The summed E-state index contributed by atoms with van der Waals surface area (Å²) in [5.41, 5.74) is 1.52. The number of nitrogens with zero attached hydrogens (tertiary/aromatic N) is 2. The van der Waals surface area contributed by atoms with Gasteiger partial charge in [0.2, 0.25) is 0 Å². The van der Waals surface area contributed by atoms with Crippen LogP contribution in [0.25, 0.3) is 16.9 Å². The van der Waals surface area contributed by atoms with Gasteiger partial charge in [-0.1, -0.05) is 0 Å². The van der Waals surface area contributed by atoms with Gasteiger partial charge in [0, 0.05) is 5.56 Å². The summed E-state index contributed by atoms with van der Waals surface area (Å²) in [6.07, 6.45) is 0. The van der Waals surface area contributed by atoms with E-state index in [9.17, 15) is 18.7 Å². The van der Waals surface area contributed by atoms with Gasteiger partial charge in [0.15, 0.2) is 5.69 Å². The fourth-order valence-corrected chi connectivity index (χ4v) is 2.79. The van der Waals surface area contributed by atoms with Crippen LogP contribution in [0.5, 0.6) is 11.5 Å². The maximum absolute atomic E-state index is 13.2. The van der Waals surface area contributed by atoms with Gasteiger partial charge in [-0.2, -0.15) is 5.10 Å². The van der Waals surface area contributed by atoms with Gasteiger partial charge in [-0.15, -0.1) is 0 Å². The average molecular weight is 392 g/mol. The third kappa shape index (κ3) is 3.98. The number of benzene rings is 3. The monoisotopic (exact) mass is 392 g/mol. The lowest BCUT2D eigenvalue weighted by atomic mass is 10.1. The molecule has 0 saturated heterocycles. The molecule has 5 nitrogen and oxygen atoms in total. The first-order valence-electron chi connectivity index (χ1n) is 8.63. The molecule has 0 radical (unpaired) electrons. The molecule has 4 aromatic rings. The number of aromatic carboxylic acids is 1. The predicted molar refractivity (Wildman–Crippen MR) is 102 cm³/mol. The summed E-state index contributed by atoms with van der Waals surface area (Å²) in [6, 6.07) is 19.4. The standard InChI is InChI=1S/C22H14F2N2O3/c23-15-3-7-17(8-4-15)26-21(22(27)28)13-20(25-26)14-1-9-18(10-2-14)29-19-11-5-16(24)6-12-19/h1-13H,(H,27,28). The number of hydrogen-bond acceptors (Lipinski definition) is 3. The van der Waals surface area contributed by atoms with E-state index < -0.39 is 11.8 Å². The van der Waals surface area contributed by atoms with Crippen LogP contribution in [-0.2, 0) is 0 Å². The van der Waals surface area contributed by atoms with Crippen LogP contribution in [0.4, 0.5) is 8.78 Å². The largest absolute Gasteiger partial charge is 0.477 e. The Kier molecular flexibility index (Phi) is 4.78. The topological polar surface area (TPSA) is 64.3 Å².